The van der Waals surface area contributed by atoms with E-state index >= 15 is 0 Å². The fourth-order valence-corrected chi connectivity index (χ4v) is 1.67. The Kier molecular flexibility index (Phi) is 10.5. The van der Waals surface area contributed by atoms with Gasteiger partial charge in [0.05, 0.1) is 0 Å². The number of ether oxygens (including phenoxy) is 1. The van der Waals surface area contributed by atoms with E-state index in [1.807, 2.05) is 6.08 Å². The van der Waals surface area contributed by atoms with Gasteiger partial charge in [-0.05, 0) is 59.5 Å². The molecule has 0 saturated heterocycles. The van der Waals surface area contributed by atoms with Crippen LogP contribution in [-0.2, 0) is 4.74 Å². The first kappa shape index (κ1) is 18.5. The molecule has 0 spiro atoms. The minimum Gasteiger partial charge on any atom is -0.445 e. The van der Waals surface area contributed by atoms with E-state index in [-0.39, 0.29) is 6.09 Å². The minimum atomic E-state index is -0.385. The van der Waals surface area contributed by atoms with E-state index in [0.717, 1.165) is 25.7 Å². The van der Waals surface area contributed by atoms with Gasteiger partial charge in [-0.3, -0.25) is 0 Å². The van der Waals surface area contributed by atoms with Crippen LogP contribution >= 0.6 is 0 Å². The van der Waals surface area contributed by atoms with Crippen molar-refractivity contribution in [1.82, 2.24) is 5.32 Å². The van der Waals surface area contributed by atoms with E-state index in [4.69, 9.17) is 4.74 Å². The van der Waals surface area contributed by atoms with E-state index in [2.05, 4.69) is 45.2 Å². The van der Waals surface area contributed by atoms with Crippen LogP contribution in [0.15, 0.2) is 34.9 Å². The Bertz CT molecular complexity index is 374. The van der Waals surface area contributed by atoms with E-state index < -0.39 is 0 Å². The minimum absolute atomic E-state index is 0.342. The second-order valence-corrected chi connectivity index (χ2v) is 5.31. The maximum Gasteiger partial charge on any atom is 0.407 e. The van der Waals surface area contributed by atoms with Crippen molar-refractivity contribution in [3.63, 3.8) is 0 Å². The molecule has 3 heteroatoms. The third-order valence-corrected chi connectivity index (χ3v) is 2.97. The number of allylic oxidation sites excluding steroid dienone is 5. The normalized spacial score (nSPS) is 12.1. The average molecular weight is 279 g/mol. The van der Waals surface area contributed by atoms with Crippen LogP contribution in [0.25, 0.3) is 0 Å². The van der Waals surface area contributed by atoms with Crippen LogP contribution in [0.2, 0.25) is 0 Å². The summed E-state index contributed by atoms with van der Waals surface area (Å²) < 4.78 is 4.92. The van der Waals surface area contributed by atoms with Crippen LogP contribution < -0.4 is 5.32 Å². The van der Waals surface area contributed by atoms with Crippen molar-refractivity contribution in [2.45, 2.75) is 53.4 Å². The lowest BCUT2D eigenvalue weighted by atomic mass is 10.1. The number of rotatable bonds is 8. The predicted octanol–water partition coefficient (Wildman–Crippen LogP) is 4.76. The number of hydrogen-bond donors (Lipinski definition) is 1. The Morgan fingerprint density at radius 2 is 1.50 bits per heavy atom. The molecule has 0 heterocycles. The first-order valence-electron chi connectivity index (χ1n) is 7.24. The van der Waals surface area contributed by atoms with Crippen molar-refractivity contribution < 1.29 is 9.53 Å². The second-order valence-electron chi connectivity index (χ2n) is 5.31. The molecule has 0 fully saturated rings. The predicted molar refractivity (Wildman–Crippen MR) is 85.8 cm³/mol. The molecule has 0 aliphatic heterocycles. The Labute approximate surface area is 123 Å². The van der Waals surface area contributed by atoms with Gasteiger partial charge in [0.25, 0.3) is 0 Å². The molecule has 0 unspecified atom stereocenters. The molecule has 0 atom stereocenters. The third kappa shape index (κ3) is 11.6. The lowest BCUT2D eigenvalue weighted by Crippen LogP contribution is -2.19. The van der Waals surface area contributed by atoms with Gasteiger partial charge in [0.2, 0.25) is 0 Å². The van der Waals surface area contributed by atoms with Crippen LogP contribution in [0.5, 0.6) is 0 Å². The second kappa shape index (κ2) is 11.3. The quantitative estimate of drug-likeness (QED) is 0.650. The number of hydrogen-bond acceptors (Lipinski definition) is 2. The molecule has 114 valence electrons. The summed E-state index contributed by atoms with van der Waals surface area (Å²) in [5.74, 6) is 0. The lowest BCUT2D eigenvalue weighted by molar-refractivity contribution is 0.160. The van der Waals surface area contributed by atoms with Gasteiger partial charge in [-0.25, -0.2) is 4.79 Å². The molecule has 20 heavy (non-hydrogen) atoms. The molecular formula is C17H29NO2. The van der Waals surface area contributed by atoms with Gasteiger partial charge < -0.3 is 10.1 Å². The standard InChI is InChI=1S/C17H29NO2/c1-14(2)8-6-9-15(3)10-7-11-16(4)12-13-20-17(19)18-5/h8,10,12H,6-7,9,11,13H2,1-5H3,(H,18,19)/b15-10+,16-12+. The van der Waals surface area contributed by atoms with Crippen molar-refractivity contribution in [3.8, 4) is 0 Å². The number of nitrogens with one attached hydrogen (secondary N) is 1. The molecule has 0 bridgehead atoms. The van der Waals surface area contributed by atoms with Crippen molar-refractivity contribution in [1.29, 1.82) is 0 Å². The molecule has 3 nitrogen and oxygen atoms in total. The van der Waals surface area contributed by atoms with Crippen molar-refractivity contribution in [3.05, 3.63) is 34.9 Å². The molecular weight excluding hydrogens is 250 g/mol. The average Bonchev–Trinajstić information content (AvgIpc) is 2.38. The van der Waals surface area contributed by atoms with Gasteiger partial charge in [-0.2, -0.15) is 0 Å². The summed E-state index contributed by atoms with van der Waals surface area (Å²) in [6.07, 6.45) is 10.5. The molecule has 0 aromatic carbocycles. The molecule has 0 aliphatic carbocycles. The monoisotopic (exact) mass is 279 g/mol. The summed E-state index contributed by atoms with van der Waals surface area (Å²) in [5, 5.41) is 2.42. The van der Waals surface area contributed by atoms with Crippen LogP contribution in [0.3, 0.4) is 0 Å². The molecule has 1 N–H and O–H groups in total. The number of carbonyl (C=O) groups is 1. The maximum absolute atomic E-state index is 10.9. The smallest absolute Gasteiger partial charge is 0.407 e. The van der Waals surface area contributed by atoms with Crippen LogP contribution in [-0.4, -0.2) is 19.7 Å². The zero-order valence-corrected chi connectivity index (χ0v) is 13.6. The van der Waals surface area contributed by atoms with Gasteiger partial charge >= 0.3 is 6.09 Å². The highest BCUT2D eigenvalue weighted by molar-refractivity contribution is 5.66. The lowest BCUT2D eigenvalue weighted by Gasteiger charge is -2.03. The highest BCUT2D eigenvalue weighted by atomic mass is 16.5. The van der Waals surface area contributed by atoms with Gasteiger partial charge in [-0.15, -0.1) is 0 Å². The topological polar surface area (TPSA) is 38.3 Å². The van der Waals surface area contributed by atoms with Gasteiger partial charge in [0.1, 0.15) is 6.61 Å². The number of carbonyl (C=O) groups excluding carboxylic acids is 1. The largest absolute Gasteiger partial charge is 0.445 e. The van der Waals surface area contributed by atoms with Gasteiger partial charge in [0.15, 0.2) is 0 Å². The molecule has 0 saturated carbocycles. The van der Waals surface area contributed by atoms with Crippen molar-refractivity contribution in [2.75, 3.05) is 13.7 Å². The molecule has 1 amide bonds. The van der Waals surface area contributed by atoms with Gasteiger partial charge in [0, 0.05) is 7.05 Å². The van der Waals surface area contributed by atoms with Crippen LogP contribution in [0.4, 0.5) is 4.79 Å². The fraction of sp³-hybridized carbons (Fsp3) is 0.588. The SMILES string of the molecule is CNC(=O)OC/C=C(\C)CC/C=C(\C)CCC=C(C)C. The molecule has 0 rings (SSSR count). The van der Waals surface area contributed by atoms with Gasteiger partial charge in [-0.1, -0.05) is 28.9 Å². The third-order valence-electron chi connectivity index (χ3n) is 2.97. The summed E-state index contributed by atoms with van der Waals surface area (Å²) in [6, 6.07) is 0. The number of alkyl carbamates (subject to hydrolysis) is 1. The molecule has 0 aromatic rings. The summed E-state index contributed by atoms with van der Waals surface area (Å²) in [4.78, 5) is 10.9. The van der Waals surface area contributed by atoms with Crippen LogP contribution in [0, 0.1) is 0 Å². The van der Waals surface area contributed by atoms with Crippen LogP contribution in [0.1, 0.15) is 53.4 Å². The maximum atomic E-state index is 10.9. The number of amides is 1. The Morgan fingerprint density at radius 3 is 2.05 bits per heavy atom. The zero-order chi connectivity index (χ0) is 15.4. The van der Waals surface area contributed by atoms with E-state index in [1.54, 1.807) is 7.05 Å². The summed E-state index contributed by atoms with van der Waals surface area (Å²) in [7, 11) is 1.56. The Hall–Kier alpha value is -1.51. The summed E-state index contributed by atoms with van der Waals surface area (Å²) >= 11 is 0. The Morgan fingerprint density at radius 1 is 0.950 bits per heavy atom. The Balaban J connectivity index is 3.88. The van der Waals surface area contributed by atoms with Crippen molar-refractivity contribution in [2.24, 2.45) is 0 Å². The molecule has 0 radical (unpaired) electrons. The first-order valence-corrected chi connectivity index (χ1v) is 7.24. The fourth-order valence-electron chi connectivity index (χ4n) is 1.67. The summed E-state index contributed by atoms with van der Waals surface area (Å²) in [5.41, 5.74) is 4.08. The first-order chi connectivity index (χ1) is 9.45. The van der Waals surface area contributed by atoms with E-state index in [0.29, 0.717) is 6.61 Å². The highest BCUT2D eigenvalue weighted by Crippen LogP contribution is 2.11. The summed E-state index contributed by atoms with van der Waals surface area (Å²) in [6.45, 7) is 8.86. The van der Waals surface area contributed by atoms with E-state index in [9.17, 15) is 4.79 Å². The van der Waals surface area contributed by atoms with Crippen molar-refractivity contribution >= 4 is 6.09 Å². The zero-order valence-electron chi connectivity index (χ0n) is 13.6. The molecule has 0 aliphatic rings. The molecule has 0 aromatic heterocycles. The highest BCUT2D eigenvalue weighted by Gasteiger charge is 1.95. The van der Waals surface area contributed by atoms with E-state index in [1.165, 1.54) is 16.7 Å².